The second-order valence-corrected chi connectivity index (χ2v) is 8.07. The Morgan fingerprint density at radius 1 is 1.18 bits per heavy atom. The number of amides is 3. The van der Waals surface area contributed by atoms with Gasteiger partial charge < -0.3 is 51.2 Å². The van der Waals surface area contributed by atoms with Crippen LogP contribution in [0.15, 0.2) is 0 Å². The molecule has 0 radical (unpaired) electrons. The third kappa shape index (κ3) is 9.12. The summed E-state index contributed by atoms with van der Waals surface area (Å²) >= 11 is 0. The number of carbonyl (C=O) groups excluding carboxylic acids is 4. The molecule has 0 aromatic carbocycles. The third-order valence-corrected chi connectivity index (χ3v) is 5.23. The molecule has 0 bridgehead atoms. The molecule has 3 amide bonds. The van der Waals surface area contributed by atoms with Crippen LogP contribution in [0.4, 0.5) is 0 Å². The zero-order chi connectivity index (χ0) is 26.0. The molecule has 0 saturated carbocycles. The fraction of sp³-hybridized carbons (Fsp3) is 0.800. The van der Waals surface area contributed by atoms with E-state index in [0.717, 1.165) is 0 Å². The second-order valence-electron chi connectivity index (χ2n) is 8.07. The molecule has 1 fully saturated rings. The number of carbonyl (C=O) groups is 4. The van der Waals surface area contributed by atoms with Crippen molar-refractivity contribution in [3.63, 3.8) is 0 Å². The smallest absolute Gasteiger partial charge is 0.305 e. The van der Waals surface area contributed by atoms with Crippen LogP contribution in [0, 0.1) is 0 Å². The van der Waals surface area contributed by atoms with Crippen LogP contribution in [0.1, 0.15) is 33.6 Å². The van der Waals surface area contributed by atoms with E-state index in [1.807, 2.05) is 0 Å². The van der Waals surface area contributed by atoms with Gasteiger partial charge in [0.25, 0.3) is 0 Å². The van der Waals surface area contributed by atoms with Crippen molar-refractivity contribution in [1.82, 2.24) is 16.0 Å². The minimum Gasteiger partial charge on any atom is -0.463 e. The predicted octanol–water partition coefficient (Wildman–Crippen LogP) is -3.76. The van der Waals surface area contributed by atoms with E-state index >= 15 is 0 Å². The number of hydrogen-bond donors (Lipinski definition) is 7. The number of hydrogen-bond acceptors (Lipinski definition) is 11. The van der Waals surface area contributed by atoms with Crippen LogP contribution in [0.2, 0.25) is 0 Å². The molecule has 1 aliphatic heterocycles. The number of ether oxygens (including phenoxy) is 3. The lowest BCUT2D eigenvalue weighted by Gasteiger charge is -2.43. The summed E-state index contributed by atoms with van der Waals surface area (Å²) in [6.07, 6.45) is -6.31. The van der Waals surface area contributed by atoms with Gasteiger partial charge >= 0.3 is 5.97 Å². The molecule has 8 atom stereocenters. The first kappa shape index (κ1) is 29.7. The highest BCUT2D eigenvalue weighted by molar-refractivity contribution is 5.89. The molecular formula is C20H36N4O10. The number of primary amides is 1. The van der Waals surface area contributed by atoms with Crippen molar-refractivity contribution in [3.05, 3.63) is 0 Å². The molecule has 0 aliphatic carbocycles. The van der Waals surface area contributed by atoms with Gasteiger partial charge in [-0.05, 0) is 27.3 Å². The lowest BCUT2D eigenvalue weighted by Crippen LogP contribution is -2.65. The lowest BCUT2D eigenvalue weighted by atomic mass is 9.96. The van der Waals surface area contributed by atoms with Crippen LogP contribution in [0.5, 0.6) is 0 Å². The number of nitrogens with one attached hydrogen (secondary N) is 3. The molecule has 14 heteroatoms. The van der Waals surface area contributed by atoms with Crippen LogP contribution in [0.25, 0.3) is 0 Å². The Morgan fingerprint density at radius 2 is 1.82 bits per heavy atom. The zero-order valence-electron chi connectivity index (χ0n) is 19.7. The van der Waals surface area contributed by atoms with Crippen molar-refractivity contribution >= 4 is 23.7 Å². The van der Waals surface area contributed by atoms with Gasteiger partial charge in [-0.2, -0.15) is 0 Å². The SMILES string of the molecule is CN[C@@H](C)C(=O)N[C@H](CCC(=O)OCC(C)O[C@H]1[C@H](O)[C@@H](CO)O[C@H](O)[C@@H]1NC(C)=O)C(N)=O. The first-order valence-corrected chi connectivity index (χ1v) is 10.9. The standard InChI is InChI=1S/C20H36N4O10/c1-9(33-17-15(23-11(3)26)20(31)34-13(7-25)16(17)28)8-32-14(27)6-5-12(18(21)29)24-19(30)10(2)22-4/h9-10,12-13,15-17,20,22,25,28,31H,5-8H2,1-4H3,(H2,21,29)(H,23,26)(H,24,30)/t9?,10-,12+,13+,15+,16+,17+,20-/m0/s1. The normalized spacial score (nSPS) is 27.2. The number of aliphatic hydroxyl groups excluding tert-OH is 3. The van der Waals surface area contributed by atoms with Crippen LogP contribution < -0.4 is 21.7 Å². The maximum Gasteiger partial charge on any atom is 0.305 e. The predicted molar refractivity (Wildman–Crippen MR) is 116 cm³/mol. The largest absolute Gasteiger partial charge is 0.463 e. The van der Waals surface area contributed by atoms with Gasteiger partial charge in [0.05, 0.1) is 18.8 Å². The molecule has 1 unspecified atom stereocenters. The van der Waals surface area contributed by atoms with Gasteiger partial charge in [0.15, 0.2) is 6.29 Å². The molecule has 8 N–H and O–H groups in total. The number of likely N-dealkylation sites (N-methyl/N-ethyl adjacent to an activating group) is 1. The summed E-state index contributed by atoms with van der Waals surface area (Å²) < 4.78 is 15.9. The van der Waals surface area contributed by atoms with E-state index in [4.69, 9.17) is 19.9 Å². The maximum atomic E-state index is 12.1. The topological polar surface area (TPSA) is 219 Å². The molecule has 0 aromatic heterocycles. The van der Waals surface area contributed by atoms with Crippen molar-refractivity contribution in [2.75, 3.05) is 20.3 Å². The molecule has 0 spiro atoms. The maximum absolute atomic E-state index is 12.1. The molecule has 1 rings (SSSR count). The van der Waals surface area contributed by atoms with Gasteiger partial charge in [-0.25, -0.2) is 0 Å². The first-order chi connectivity index (χ1) is 15.9. The van der Waals surface area contributed by atoms with Crippen molar-refractivity contribution in [1.29, 1.82) is 0 Å². The number of esters is 1. The molecule has 196 valence electrons. The Morgan fingerprint density at radius 3 is 2.35 bits per heavy atom. The first-order valence-electron chi connectivity index (χ1n) is 10.9. The van der Waals surface area contributed by atoms with Gasteiger partial charge in [0.1, 0.15) is 37.0 Å². The highest BCUT2D eigenvalue weighted by atomic mass is 16.6. The van der Waals surface area contributed by atoms with Crippen molar-refractivity contribution < 1.29 is 48.7 Å². The summed E-state index contributed by atoms with van der Waals surface area (Å²) in [6, 6.07) is -2.75. The molecular weight excluding hydrogens is 456 g/mol. The molecule has 1 aliphatic rings. The van der Waals surface area contributed by atoms with Crippen molar-refractivity contribution in [2.24, 2.45) is 5.73 Å². The van der Waals surface area contributed by atoms with Gasteiger partial charge in [-0.1, -0.05) is 0 Å². The van der Waals surface area contributed by atoms with Gasteiger partial charge in [0, 0.05) is 13.3 Å². The fourth-order valence-corrected chi connectivity index (χ4v) is 3.20. The molecule has 1 saturated heterocycles. The lowest BCUT2D eigenvalue weighted by molar-refractivity contribution is -0.269. The van der Waals surface area contributed by atoms with Gasteiger partial charge in [-0.3, -0.25) is 19.2 Å². The quantitative estimate of drug-likeness (QED) is 0.124. The number of nitrogens with two attached hydrogens (primary N) is 1. The Hall–Kier alpha value is -2.36. The average Bonchev–Trinajstić information content (AvgIpc) is 2.78. The van der Waals surface area contributed by atoms with E-state index in [0.29, 0.717) is 0 Å². The third-order valence-electron chi connectivity index (χ3n) is 5.23. The van der Waals surface area contributed by atoms with E-state index < -0.39 is 79.1 Å². The number of rotatable bonds is 13. The summed E-state index contributed by atoms with van der Waals surface area (Å²) in [5.41, 5.74) is 5.29. The van der Waals surface area contributed by atoms with Crippen LogP contribution in [-0.2, 0) is 33.4 Å². The zero-order valence-corrected chi connectivity index (χ0v) is 19.7. The molecule has 14 nitrogen and oxygen atoms in total. The Balaban J connectivity index is 2.62. The molecule has 34 heavy (non-hydrogen) atoms. The Labute approximate surface area is 197 Å². The van der Waals surface area contributed by atoms with Crippen LogP contribution in [0.3, 0.4) is 0 Å². The summed E-state index contributed by atoms with van der Waals surface area (Å²) in [5.74, 6) is -2.43. The summed E-state index contributed by atoms with van der Waals surface area (Å²) in [5, 5.41) is 37.5. The van der Waals surface area contributed by atoms with Crippen molar-refractivity contribution in [2.45, 2.75) is 82.4 Å². The van der Waals surface area contributed by atoms with Crippen LogP contribution in [-0.4, -0.2) is 108 Å². The van der Waals surface area contributed by atoms with E-state index in [9.17, 15) is 34.5 Å². The van der Waals surface area contributed by atoms with Gasteiger partial charge in [-0.15, -0.1) is 0 Å². The summed E-state index contributed by atoms with van der Waals surface area (Å²) in [4.78, 5) is 47.1. The van der Waals surface area contributed by atoms with Crippen LogP contribution >= 0.6 is 0 Å². The minimum atomic E-state index is -1.55. The Bertz CT molecular complexity index is 709. The Kier molecular flexibility index (Phi) is 12.3. The highest BCUT2D eigenvalue weighted by Crippen LogP contribution is 2.23. The van der Waals surface area contributed by atoms with Crippen molar-refractivity contribution in [3.8, 4) is 0 Å². The summed E-state index contributed by atoms with van der Waals surface area (Å²) in [7, 11) is 1.58. The van der Waals surface area contributed by atoms with E-state index in [2.05, 4.69) is 16.0 Å². The van der Waals surface area contributed by atoms with E-state index in [1.165, 1.54) is 13.8 Å². The fourth-order valence-electron chi connectivity index (χ4n) is 3.20. The van der Waals surface area contributed by atoms with Gasteiger partial charge in [0.2, 0.25) is 17.7 Å². The highest BCUT2D eigenvalue weighted by Gasteiger charge is 2.46. The molecule has 0 aromatic rings. The van der Waals surface area contributed by atoms with E-state index in [1.54, 1.807) is 14.0 Å². The monoisotopic (exact) mass is 492 g/mol. The average molecular weight is 493 g/mol. The van der Waals surface area contributed by atoms with E-state index in [-0.39, 0.29) is 19.4 Å². The second kappa shape index (κ2) is 14.1. The number of aliphatic hydroxyl groups is 3. The molecule has 1 heterocycles. The summed E-state index contributed by atoms with van der Waals surface area (Å²) in [6.45, 7) is 3.49. The minimum absolute atomic E-state index is 0.0702.